The Hall–Kier alpha value is -0.520. The Morgan fingerprint density at radius 3 is 1.88 bits per heavy atom. The van der Waals surface area contributed by atoms with Gasteiger partial charge in [-0.1, -0.05) is 31.2 Å². The van der Waals surface area contributed by atoms with Gasteiger partial charge in [0.1, 0.15) is 0 Å². The average Bonchev–Trinajstić information content (AvgIpc) is 1.68. The van der Waals surface area contributed by atoms with Gasteiger partial charge in [-0.2, -0.15) is 0 Å². The van der Waals surface area contributed by atoms with Gasteiger partial charge in [0, 0.05) is 0 Å². The van der Waals surface area contributed by atoms with E-state index in [0.717, 1.165) is 0 Å². The fourth-order valence-corrected chi connectivity index (χ4v) is 0.359. The fourth-order valence-electron chi connectivity index (χ4n) is 0.359. The van der Waals surface area contributed by atoms with Crippen LogP contribution in [0.2, 0.25) is 0 Å². The first kappa shape index (κ1) is 10.5. The molecule has 0 aliphatic rings. The summed E-state index contributed by atoms with van der Waals surface area (Å²) in [5.41, 5.74) is 1.32. The SMILES string of the molecule is C.C/C=C\C(C)=C/C. The van der Waals surface area contributed by atoms with Gasteiger partial charge in [0.05, 0.1) is 0 Å². The molecule has 0 aromatic rings. The molecular weight excluding hydrogens is 96.1 g/mol. The maximum absolute atomic E-state index is 2.08. The van der Waals surface area contributed by atoms with E-state index in [0.29, 0.717) is 0 Å². The second-order valence-electron chi connectivity index (χ2n) is 1.53. The maximum Gasteiger partial charge on any atom is -0.0401 e. The van der Waals surface area contributed by atoms with Gasteiger partial charge in [0.25, 0.3) is 0 Å². The highest BCUT2D eigenvalue weighted by Crippen LogP contribution is 1.91. The van der Waals surface area contributed by atoms with Crippen LogP contribution in [0.25, 0.3) is 0 Å². The van der Waals surface area contributed by atoms with Crippen LogP contribution in [-0.4, -0.2) is 0 Å². The van der Waals surface area contributed by atoms with E-state index < -0.39 is 0 Å². The first-order chi connectivity index (χ1) is 3.31. The Morgan fingerprint density at radius 1 is 1.25 bits per heavy atom. The van der Waals surface area contributed by atoms with Crippen molar-refractivity contribution >= 4 is 0 Å². The Labute approximate surface area is 52.9 Å². The summed E-state index contributed by atoms with van der Waals surface area (Å²) in [7, 11) is 0. The second-order valence-corrected chi connectivity index (χ2v) is 1.53. The van der Waals surface area contributed by atoms with Gasteiger partial charge in [-0.05, 0) is 20.8 Å². The molecule has 0 spiro atoms. The molecule has 8 heavy (non-hydrogen) atoms. The Morgan fingerprint density at radius 2 is 1.75 bits per heavy atom. The van der Waals surface area contributed by atoms with Crippen molar-refractivity contribution in [2.75, 3.05) is 0 Å². The molecule has 0 rings (SSSR count). The lowest BCUT2D eigenvalue weighted by atomic mass is 10.3. The van der Waals surface area contributed by atoms with E-state index in [-0.39, 0.29) is 7.43 Å². The first-order valence-electron chi connectivity index (χ1n) is 2.57. The monoisotopic (exact) mass is 112 g/mol. The second kappa shape index (κ2) is 6.48. The molecule has 0 aromatic carbocycles. The van der Waals surface area contributed by atoms with Crippen molar-refractivity contribution in [3.8, 4) is 0 Å². The summed E-state index contributed by atoms with van der Waals surface area (Å²) < 4.78 is 0. The predicted molar refractivity (Wildman–Crippen MR) is 41.0 cm³/mol. The first-order valence-corrected chi connectivity index (χ1v) is 2.57. The lowest BCUT2D eigenvalue weighted by Gasteiger charge is -1.81. The Balaban J connectivity index is 0. The Kier molecular flexibility index (Phi) is 8.47. The molecule has 0 unspecified atom stereocenters. The lowest BCUT2D eigenvalue weighted by Crippen LogP contribution is -1.60. The molecule has 0 fully saturated rings. The van der Waals surface area contributed by atoms with Crippen LogP contribution in [0, 0.1) is 0 Å². The molecule has 48 valence electrons. The van der Waals surface area contributed by atoms with Crippen molar-refractivity contribution in [1.29, 1.82) is 0 Å². The molecule has 0 heteroatoms. The van der Waals surface area contributed by atoms with Crippen molar-refractivity contribution in [3.63, 3.8) is 0 Å². The molecule has 0 nitrogen and oxygen atoms in total. The predicted octanol–water partition coefficient (Wildman–Crippen LogP) is 3.16. The van der Waals surface area contributed by atoms with Crippen LogP contribution in [-0.2, 0) is 0 Å². The summed E-state index contributed by atoms with van der Waals surface area (Å²) in [6, 6.07) is 0. The molecule has 0 heterocycles. The zero-order valence-electron chi connectivity index (χ0n) is 5.23. The minimum absolute atomic E-state index is 0. The van der Waals surface area contributed by atoms with E-state index in [9.17, 15) is 0 Å². The van der Waals surface area contributed by atoms with Crippen molar-refractivity contribution in [2.45, 2.75) is 28.2 Å². The molecule has 0 radical (unpaired) electrons. The largest absolute Gasteiger partial charge is 0.0874 e. The minimum atomic E-state index is 0. The molecule has 0 aliphatic carbocycles. The molecule has 0 bridgehead atoms. The van der Waals surface area contributed by atoms with Gasteiger partial charge in [0.15, 0.2) is 0 Å². The zero-order valence-corrected chi connectivity index (χ0v) is 5.23. The van der Waals surface area contributed by atoms with Gasteiger partial charge in [-0.3, -0.25) is 0 Å². The molecule has 0 amide bonds. The van der Waals surface area contributed by atoms with Gasteiger partial charge in [-0.15, -0.1) is 0 Å². The third-order valence-electron chi connectivity index (χ3n) is 0.885. The smallest absolute Gasteiger partial charge is 0.0401 e. The van der Waals surface area contributed by atoms with Crippen LogP contribution in [0.3, 0.4) is 0 Å². The number of hydrogen-bond donors (Lipinski definition) is 0. The molecule has 0 saturated heterocycles. The van der Waals surface area contributed by atoms with Gasteiger partial charge >= 0.3 is 0 Å². The van der Waals surface area contributed by atoms with Crippen molar-refractivity contribution in [2.24, 2.45) is 0 Å². The van der Waals surface area contributed by atoms with E-state index in [4.69, 9.17) is 0 Å². The van der Waals surface area contributed by atoms with Crippen molar-refractivity contribution in [3.05, 3.63) is 23.8 Å². The third-order valence-corrected chi connectivity index (χ3v) is 0.885. The standard InChI is InChI=1S/C7H12.CH4/c1-4-6-7(3)5-2;/h4-6H,1-3H3;1H4/b6-4-,7-5-;. The van der Waals surface area contributed by atoms with E-state index in [1.165, 1.54) is 5.57 Å². The summed E-state index contributed by atoms with van der Waals surface area (Å²) >= 11 is 0. The summed E-state index contributed by atoms with van der Waals surface area (Å²) in [4.78, 5) is 0. The van der Waals surface area contributed by atoms with Crippen molar-refractivity contribution < 1.29 is 0 Å². The molecule has 0 N–H and O–H groups in total. The highest BCUT2D eigenvalue weighted by Gasteiger charge is 1.69. The normalized spacial score (nSPS) is 11.6. The molecule has 0 atom stereocenters. The van der Waals surface area contributed by atoms with Crippen LogP contribution in [0.4, 0.5) is 0 Å². The lowest BCUT2D eigenvalue weighted by molar-refractivity contribution is 1.46. The van der Waals surface area contributed by atoms with Gasteiger partial charge in [0.2, 0.25) is 0 Å². The Bertz CT molecular complexity index is 86.2. The highest BCUT2D eigenvalue weighted by molar-refractivity contribution is 5.13. The quantitative estimate of drug-likeness (QED) is 0.457. The number of allylic oxidation sites excluding steroid dienone is 4. The zero-order chi connectivity index (χ0) is 5.70. The van der Waals surface area contributed by atoms with E-state index in [1.54, 1.807) is 0 Å². The highest BCUT2D eigenvalue weighted by atomic mass is 13.8. The van der Waals surface area contributed by atoms with E-state index in [2.05, 4.69) is 19.1 Å². The summed E-state index contributed by atoms with van der Waals surface area (Å²) in [5.74, 6) is 0. The van der Waals surface area contributed by atoms with E-state index in [1.807, 2.05) is 19.9 Å². The van der Waals surface area contributed by atoms with Crippen LogP contribution in [0.1, 0.15) is 28.2 Å². The van der Waals surface area contributed by atoms with Crippen LogP contribution >= 0.6 is 0 Å². The molecule has 0 saturated carbocycles. The molecule has 0 aliphatic heterocycles. The van der Waals surface area contributed by atoms with Crippen molar-refractivity contribution in [1.82, 2.24) is 0 Å². The summed E-state index contributed by atoms with van der Waals surface area (Å²) in [5, 5.41) is 0. The van der Waals surface area contributed by atoms with Crippen LogP contribution in [0.15, 0.2) is 23.8 Å². The molecule has 0 aromatic heterocycles. The summed E-state index contributed by atoms with van der Waals surface area (Å²) in [6.45, 7) is 6.14. The van der Waals surface area contributed by atoms with E-state index >= 15 is 0 Å². The van der Waals surface area contributed by atoms with Gasteiger partial charge < -0.3 is 0 Å². The minimum Gasteiger partial charge on any atom is -0.0874 e. The fraction of sp³-hybridized carbons (Fsp3) is 0.500. The molecular formula is C8H16. The third kappa shape index (κ3) is 5.48. The van der Waals surface area contributed by atoms with Gasteiger partial charge in [-0.25, -0.2) is 0 Å². The maximum atomic E-state index is 2.08. The number of rotatable bonds is 1. The topological polar surface area (TPSA) is 0 Å². The average molecular weight is 112 g/mol. The van der Waals surface area contributed by atoms with Crippen LogP contribution < -0.4 is 0 Å². The van der Waals surface area contributed by atoms with Crippen LogP contribution in [0.5, 0.6) is 0 Å². The summed E-state index contributed by atoms with van der Waals surface area (Å²) in [6.07, 6.45) is 6.20. The number of hydrogen-bond acceptors (Lipinski definition) is 0.